The molecule has 1 saturated heterocycles. The number of piperazine rings is 1. The van der Waals surface area contributed by atoms with Crippen LogP contribution < -0.4 is 10.9 Å². The van der Waals surface area contributed by atoms with Crippen molar-refractivity contribution in [2.75, 3.05) is 26.2 Å². The number of fused-ring (bicyclic) bond motifs is 1. The Hall–Kier alpha value is -1.70. The summed E-state index contributed by atoms with van der Waals surface area (Å²) in [6.07, 6.45) is 1.85. The molecule has 142 valence electrons. The highest BCUT2D eigenvalue weighted by molar-refractivity contribution is 9.10. The number of H-pyrrole nitrogens is 1. The summed E-state index contributed by atoms with van der Waals surface area (Å²) >= 11 is 3.48. The molecule has 0 spiro atoms. The Morgan fingerprint density at radius 1 is 1.23 bits per heavy atom. The molecule has 1 fully saturated rings. The fourth-order valence-electron chi connectivity index (χ4n) is 2.67. The van der Waals surface area contributed by atoms with Crippen LogP contribution >= 0.6 is 15.9 Å². The van der Waals surface area contributed by atoms with Crippen molar-refractivity contribution in [2.45, 2.75) is 32.9 Å². The molecule has 0 bridgehead atoms. The third kappa shape index (κ3) is 6.23. The van der Waals surface area contributed by atoms with E-state index in [1.807, 2.05) is 45.2 Å². The largest absolute Gasteiger partial charge is 0.462 e. The molecule has 0 atom stereocenters. The summed E-state index contributed by atoms with van der Waals surface area (Å²) in [4.78, 5) is 26.7. The third-order valence-electron chi connectivity index (χ3n) is 3.95. The van der Waals surface area contributed by atoms with Gasteiger partial charge < -0.3 is 15.0 Å². The summed E-state index contributed by atoms with van der Waals surface area (Å²) in [6.45, 7) is 11.0. The molecule has 1 aliphatic heterocycles. The maximum atomic E-state index is 11.8. The van der Waals surface area contributed by atoms with Crippen LogP contribution in [0, 0.1) is 0 Å². The molecule has 7 heteroatoms. The number of rotatable bonds is 3. The summed E-state index contributed by atoms with van der Waals surface area (Å²) in [5.41, 5.74) is 0.839. The second-order valence-electron chi connectivity index (χ2n) is 7.19. The van der Waals surface area contributed by atoms with Crippen LogP contribution in [-0.2, 0) is 16.1 Å². The summed E-state index contributed by atoms with van der Waals surface area (Å²) in [7, 11) is 0. The highest BCUT2D eigenvalue weighted by atomic mass is 79.9. The number of carbonyl (C=O) groups is 1. The van der Waals surface area contributed by atoms with Gasteiger partial charge in [0.25, 0.3) is 12.0 Å². The van der Waals surface area contributed by atoms with Crippen molar-refractivity contribution in [1.82, 2.24) is 15.2 Å². The number of hydrogen-bond donors (Lipinski definition) is 2. The third-order valence-corrected chi connectivity index (χ3v) is 4.45. The molecule has 0 unspecified atom stereocenters. The molecular formula is C19H26BrN3O3. The summed E-state index contributed by atoms with van der Waals surface area (Å²) < 4.78 is 5.56. The van der Waals surface area contributed by atoms with Gasteiger partial charge in [0.05, 0.1) is 0 Å². The van der Waals surface area contributed by atoms with Gasteiger partial charge in [-0.2, -0.15) is 0 Å². The quantitative estimate of drug-likeness (QED) is 0.742. The van der Waals surface area contributed by atoms with E-state index in [0.717, 1.165) is 48.0 Å². The molecule has 0 amide bonds. The number of pyridine rings is 1. The average molecular weight is 424 g/mol. The molecule has 6 nitrogen and oxygen atoms in total. The number of aromatic nitrogens is 1. The minimum absolute atomic E-state index is 0.0217. The van der Waals surface area contributed by atoms with Gasteiger partial charge in [-0.05, 0) is 49.9 Å². The maximum Gasteiger partial charge on any atom is 0.293 e. The van der Waals surface area contributed by atoms with Crippen molar-refractivity contribution < 1.29 is 9.53 Å². The first-order valence-electron chi connectivity index (χ1n) is 8.64. The van der Waals surface area contributed by atoms with E-state index in [9.17, 15) is 9.59 Å². The molecule has 2 heterocycles. The smallest absolute Gasteiger partial charge is 0.293 e. The minimum Gasteiger partial charge on any atom is -0.462 e. The molecule has 0 saturated carbocycles. The van der Waals surface area contributed by atoms with Gasteiger partial charge in [0, 0.05) is 48.8 Å². The first-order chi connectivity index (χ1) is 12.3. The number of aromatic amines is 1. The lowest BCUT2D eigenvalue weighted by molar-refractivity contribution is -0.138. The van der Waals surface area contributed by atoms with Crippen molar-refractivity contribution >= 4 is 33.2 Å². The summed E-state index contributed by atoms with van der Waals surface area (Å²) in [5, 5.41) is 5.15. The molecule has 2 N–H and O–H groups in total. The number of nitrogens with one attached hydrogen (secondary N) is 2. The van der Waals surface area contributed by atoms with Gasteiger partial charge in [0.2, 0.25) is 0 Å². The maximum absolute atomic E-state index is 11.8. The Morgan fingerprint density at radius 3 is 2.50 bits per heavy atom. The predicted octanol–water partition coefficient (Wildman–Crippen LogP) is 2.65. The summed E-state index contributed by atoms with van der Waals surface area (Å²) in [6, 6.07) is 5.81. The van der Waals surface area contributed by atoms with Crippen LogP contribution in [0.15, 0.2) is 33.7 Å². The van der Waals surface area contributed by atoms with E-state index < -0.39 is 0 Å². The van der Waals surface area contributed by atoms with Crippen LogP contribution in [0.5, 0.6) is 0 Å². The van der Waals surface area contributed by atoms with Gasteiger partial charge in [-0.1, -0.05) is 15.9 Å². The van der Waals surface area contributed by atoms with Gasteiger partial charge in [-0.25, -0.2) is 0 Å². The van der Waals surface area contributed by atoms with Gasteiger partial charge >= 0.3 is 0 Å². The van der Waals surface area contributed by atoms with Gasteiger partial charge in [0.1, 0.15) is 5.60 Å². The minimum atomic E-state index is -0.318. The Morgan fingerprint density at radius 2 is 1.92 bits per heavy atom. The number of carbonyl (C=O) groups excluding carboxylic acids is 1. The van der Waals surface area contributed by atoms with Gasteiger partial charge in [-0.3, -0.25) is 14.5 Å². The molecule has 1 aliphatic rings. The van der Waals surface area contributed by atoms with Crippen molar-refractivity contribution in [3.63, 3.8) is 0 Å². The molecule has 1 aromatic carbocycles. The summed E-state index contributed by atoms with van der Waals surface area (Å²) in [5.74, 6) is 0. The Balaban J connectivity index is 0.000000298. The lowest BCUT2D eigenvalue weighted by Crippen LogP contribution is -2.43. The normalized spacial score (nSPS) is 15.2. The van der Waals surface area contributed by atoms with Crippen LogP contribution in [0.1, 0.15) is 26.3 Å². The van der Waals surface area contributed by atoms with Crippen molar-refractivity contribution in [3.8, 4) is 0 Å². The molecule has 0 aliphatic carbocycles. The molecule has 0 radical (unpaired) electrons. The zero-order chi connectivity index (χ0) is 19.2. The van der Waals surface area contributed by atoms with Gasteiger partial charge in [-0.15, -0.1) is 0 Å². The number of benzene rings is 1. The fraction of sp³-hybridized carbons (Fsp3) is 0.474. The number of ether oxygens (including phenoxy) is 1. The van der Waals surface area contributed by atoms with Crippen LogP contribution in [0.4, 0.5) is 0 Å². The number of nitrogens with zero attached hydrogens (tertiary/aromatic N) is 1. The molecular weight excluding hydrogens is 398 g/mol. The standard InChI is InChI=1S/C14H16BrN3O.C5H10O2/c15-11-1-2-12-13(7-11)10(8-17-14(12)19)9-18-5-3-16-4-6-18;1-5(2,3)7-4-6/h1-2,7-8,16H,3-6,9H2,(H,17,19);4H,1-3H3. The van der Waals surface area contributed by atoms with E-state index >= 15 is 0 Å². The van der Waals surface area contributed by atoms with E-state index in [-0.39, 0.29) is 11.2 Å². The lowest BCUT2D eigenvalue weighted by atomic mass is 10.1. The monoisotopic (exact) mass is 423 g/mol. The van der Waals surface area contributed by atoms with Crippen LogP contribution in [0.3, 0.4) is 0 Å². The van der Waals surface area contributed by atoms with E-state index in [4.69, 9.17) is 0 Å². The highest BCUT2D eigenvalue weighted by Crippen LogP contribution is 2.21. The van der Waals surface area contributed by atoms with Crippen molar-refractivity contribution in [2.24, 2.45) is 0 Å². The van der Waals surface area contributed by atoms with E-state index in [2.05, 4.69) is 35.9 Å². The van der Waals surface area contributed by atoms with Crippen molar-refractivity contribution in [1.29, 1.82) is 0 Å². The Labute approximate surface area is 162 Å². The highest BCUT2D eigenvalue weighted by Gasteiger charge is 2.12. The Kier molecular flexibility index (Phi) is 7.37. The average Bonchev–Trinajstić information content (AvgIpc) is 2.58. The first-order valence-corrected chi connectivity index (χ1v) is 9.44. The second kappa shape index (κ2) is 9.30. The van der Waals surface area contributed by atoms with E-state index in [1.165, 1.54) is 5.56 Å². The second-order valence-corrected chi connectivity index (χ2v) is 8.10. The first kappa shape index (κ1) is 20.6. The zero-order valence-corrected chi connectivity index (χ0v) is 17.1. The van der Waals surface area contributed by atoms with Crippen LogP contribution in [0.25, 0.3) is 10.8 Å². The Bertz CT molecular complexity index is 793. The van der Waals surface area contributed by atoms with Crippen LogP contribution in [0.2, 0.25) is 0 Å². The molecule has 1 aromatic heterocycles. The van der Waals surface area contributed by atoms with Gasteiger partial charge in [0.15, 0.2) is 0 Å². The number of hydrogen-bond acceptors (Lipinski definition) is 5. The van der Waals surface area contributed by atoms with E-state index in [1.54, 1.807) is 0 Å². The van der Waals surface area contributed by atoms with Crippen molar-refractivity contribution in [3.05, 3.63) is 44.8 Å². The fourth-order valence-corrected chi connectivity index (χ4v) is 3.03. The SMILES string of the molecule is CC(C)(C)OC=O.O=c1[nH]cc(CN2CCNCC2)c2cc(Br)ccc12. The molecule has 26 heavy (non-hydrogen) atoms. The van der Waals surface area contributed by atoms with E-state index in [0.29, 0.717) is 6.47 Å². The number of halogens is 1. The molecule has 2 aromatic rings. The zero-order valence-electron chi connectivity index (χ0n) is 15.5. The topological polar surface area (TPSA) is 74.4 Å². The predicted molar refractivity (Wildman–Crippen MR) is 107 cm³/mol. The molecule has 3 rings (SSSR count). The lowest BCUT2D eigenvalue weighted by Gasteiger charge is -2.27. The van der Waals surface area contributed by atoms with Crippen LogP contribution in [-0.4, -0.2) is 48.1 Å².